The highest BCUT2D eigenvalue weighted by molar-refractivity contribution is 5.27. The maximum absolute atomic E-state index is 5.69. The highest BCUT2D eigenvalue weighted by Crippen LogP contribution is 2.12. The molecule has 114 valence electrons. The second kappa shape index (κ2) is 9.19. The van der Waals surface area contributed by atoms with Gasteiger partial charge in [-0.2, -0.15) is 0 Å². The number of ether oxygens (including phenoxy) is 1. The maximum Gasteiger partial charge on any atom is 0.180 e. The largest absolute Gasteiger partial charge is 0.493 e. The van der Waals surface area contributed by atoms with Crippen molar-refractivity contribution in [2.24, 2.45) is 0 Å². The zero-order valence-corrected chi connectivity index (χ0v) is 12.7. The molecule has 1 heterocycles. The Kier molecular flexibility index (Phi) is 6.81. The van der Waals surface area contributed by atoms with E-state index >= 15 is 0 Å². The summed E-state index contributed by atoms with van der Waals surface area (Å²) < 4.78 is 10.6. The van der Waals surface area contributed by atoms with Crippen LogP contribution in [-0.2, 0) is 13.0 Å². The summed E-state index contributed by atoms with van der Waals surface area (Å²) in [5.41, 5.74) is 2.21. The van der Waals surface area contributed by atoms with Crippen molar-refractivity contribution < 1.29 is 9.15 Å². The molecule has 0 spiro atoms. The van der Waals surface area contributed by atoms with Crippen LogP contribution in [0, 0.1) is 0 Å². The van der Waals surface area contributed by atoms with Crippen molar-refractivity contribution in [3.63, 3.8) is 0 Å². The summed E-state index contributed by atoms with van der Waals surface area (Å²) in [5.74, 6) is 0.897. The fraction of sp³-hybridized carbons (Fsp3) is 0.471. The molecule has 0 atom stereocenters. The first-order valence-corrected chi connectivity index (χ1v) is 7.68. The third-order valence-electron chi connectivity index (χ3n) is 3.32. The van der Waals surface area contributed by atoms with E-state index < -0.39 is 0 Å². The second-order valence-electron chi connectivity index (χ2n) is 5.11. The molecule has 2 rings (SSSR count). The highest BCUT2D eigenvalue weighted by Gasteiger charge is 1.99. The van der Waals surface area contributed by atoms with Crippen molar-refractivity contribution >= 4 is 0 Å². The van der Waals surface area contributed by atoms with E-state index in [9.17, 15) is 0 Å². The molecule has 4 heteroatoms. The number of unbranched alkanes of at least 4 members (excludes halogenated alkanes) is 2. The average Bonchev–Trinajstić information content (AvgIpc) is 3.02. The second-order valence-corrected chi connectivity index (χ2v) is 5.11. The smallest absolute Gasteiger partial charge is 0.180 e. The fourth-order valence-corrected chi connectivity index (χ4v) is 2.07. The van der Waals surface area contributed by atoms with Crippen LogP contribution in [0.4, 0.5) is 0 Å². The van der Waals surface area contributed by atoms with Crippen LogP contribution in [0.25, 0.3) is 0 Å². The molecule has 0 saturated carbocycles. The maximum atomic E-state index is 5.69. The molecule has 1 aromatic heterocycles. The first kappa shape index (κ1) is 15.6. The molecule has 0 aliphatic heterocycles. The van der Waals surface area contributed by atoms with E-state index in [4.69, 9.17) is 9.15 Å². The summed E-state index contributed by atoms with van der Waals surface area (Å²) in [5, 5.41) is 3.46. The molecule has 0 bridgehead atoms. The number of oxazole rings is 1. The molecule has 21 heavy (non-hydrogen) atoms. The average molecular weight is 288 g/mol. The van der Waals surface area contributed by atoms with E-state index in [-0.39, 0.29) is 0 Å². The molecular formula is C17H24N2O2. The Balaban J connectivity index is 1.64. The van der Waals surface area contributed by atoms with Crippen LogP contribution in [0.2, 0.25) is 0 Å². The van der Waals surface area contributed by atoms with Gasteiger partial charge in [0.15, 0.2) is 6.39 Å². The van der Waals surface area contributed by atoms with E-state index in [1.165, 1.54) is 31.2 Å². The van der Waals surface area contributed by atoms with Gasteiger partial charge in [0.1, 0.15) is 12.0 Å². The third-order valence-corrected chi connectivity index (χ3v) is 3.32. The van der Waals surface area contributed by atoms with Crippen LogP contribution in [0.5, 0.6) is 5.75 Å². The van der Waals surface area contributed by atoms with Gasteiger partial charge >= 0.3 is 0 Å². The van der Waals surface area contributed by atoms with Crippen molar-refractivity contribution in [2.45, 2.75) is 39.2 Å². The fourth-order valence-electron chi connectivity index (χ4n) is 2.07. The van der Waals surface area contributed by atoms with Crippen LogP contribution >= 0.6 is 0 Å². The third kappa shape index (κ3) is 6.00. The van der Waals surface area contributed by atoms with Crippen LogP contribution < -0.4 is 10.1 Å². The van der Waals surface area contributed by atoms with E-state index in [0.717, 1.165) is 31.0 Å². The predicted molar refractivity (Wildman–Crippen MR) is 83.4 cm³/mol. The summed E-state index contributed by atoms with van der Waals surface area (Å²) in [6.07, 6.45) is 7.67. The summed E-state index contributed by atoms with van der Waals surface area (Å²) in [6, 6.07) is 8.26. The monoisotopic (exact) mass is 288 g/mol. The van der Waals surface area contributed by atoms with Gasteiger partial charge in [-0.3, -0.25) is 0 Å². The van der Waals surface area contributed by atoms with Gasteiger partial charge in [0.05, 0.1) is 12.3 Å². The first-order chi connectivity index (χ1) is 10.4. The SMILES string of the molecule is CCCCCNCc1ccc(OCCc2cocn2)cc1. The van der Waals surface area contributed by atoms with Gasteiger partial charge in [0, 0.05) is 13.0 Å². The lowest BCUT2D eigenvalue weighted by atomic mass is 10.2. The number of rotatable bonds is 10. The van der Waals surface area contributed by atoms with Crippen LogP contribution in [0.15, 0.2) is 41.3 Å². The van der Waals surface area contributed by atoms with Crippen molar-refractivity contribution in [3.05, 3.63) is 48.2 Å². The molecule has 0 fully saturated rings. The Morgan fingerprint density at radius 1 is 1.19 bits per heavy atom. The quantitative estimate of drug-likeness (QED) is 0.679. The molecule has 4 nitrogen and oxygen atoms in total. The van der Waals surface area contributed by atoms with E-state index in [1.807, 2.05) is 12.1 Å². The minimum Gasteiger partial charge on any atom is -0.493 e. The van der Waals surface area contributed by atoms with Gasteiger partial charge in [-0.05, 0) is 30.7 Å². The van der Waals surface area contributed by atoms with Gasteiger partial charge in [0.2, 0.25) is 0 Å². The van der Waals surface area contributed by atoms with Gasteiger partial charge in [0.25, 0.3) is 0 Å². The number of benzene rings is 1. The standard InChI is InChI=1S/C17H24N2O2/c1-2-3-4-10-18-12-15-5-7-17(8-6-15)21-11-9-16-13-20-14-19-16/h5-8,13-14,18H,2-4,9-12H2,1H3. The molecule has 0 amide bonds. The van der Waals surface area contributed by atoms with Gasteiger partial charge < -0.3 is 14.5 Å². The molecular weight excluding hydrogens is 264 g/mol. The summed E-state index contributed by atoms with van der Waals surface area (Å²) in [4.78, 5) is 4.06. The lowest BCUT2D eigenvalue weighted by molar-refractivity contribution is 0.320. The lowest BCUT2D eigenvalue weighted by Crippen LogP contribution is -2.14. The zero-order valence-electron chi connectivity index (χ0n) is 12.7. The summed E-state index contributed by atoms with van der Waals surface area (Å²) in [6.45, 7) is 4.84. The van der Waals surface area contributed by atoms with Crippen molar-refractivity contribution in [2.75, 3.05) is 13.2 Å². The molecule has 0 aliphatic rings. The number of hydrogen-bond donors (Lipinski definition) is 1. The molecule has 1 N–H and O–H groups in total. The Hall–Kier alpha value is -1.81. The first-order valence-electron chi connectivity index (χ1n) is 7.68. The van der Waals surface area contributed by atoms with E-state index in [0.29, 0.717) is 6.61 Å². The Labute approximate surface area is 126 Å². The van der Waals surface area contributed by atoms with Gasteiger partial charge in [-0.25, -0.2) is 4.98 Å². The number of aromatic nitrogens is 1. The molecule has 0 aliphatic carbocycles. The van der Waals surface area contributed by atoms with Crippen molar-refractivity contribution in [1.82, 2.24) is 10.3 Å². The minimum absolute atomic E-state index is 0.612. The Morgan fingerprint density at radius 2 is 2.05 bits per heavy atom. The van der Waals surface area contributed by atoms with Crippen LogP contribution in [0.1, 0.15) is 37.4 Å². The number of hydrogen-bond acceptors (Lipinski definition) is 4. The Morgan fingerprint density at radius 3 is 2.76 bits per heavy atom. The number of nitrogens with one attached hydrogen (secondary N) is 1. The highest BCUT2D eigenvalue weighted by atomic mass is 16.5. The van der Waals surface area contributed by atoms with Crippen molar-refractivity contribution in [3.8, 4) is 5.75 Å². The van der Waals surface area contributed by atoms with Crippen LogP contribution in [-0.4, -0.2) is 18.1 Å². The summed E-state index contributed by atoms with van der Waals surface area (Å²) >= 11 is 0. The minimum atomic E-state index is 0.612. The van der Waals surface area contributed by atoms with E-state index in [1.54, 1.807) is 6.26 Å². The van der Waals surface area contributed by atoms with Crippen LogP contribution in [0.3, 0.4) is 0 Å². The van der Waals surface area contributed by atoms with Gasteiger partial charge in [-0.15, -0.1) is 0 Å². The molecule has 1 aromatic carbocycles. The van der Waals surface area contributed by atoms with E-state index in [2.05, 4.69) is 29.4 Å². The molecule has 0 unspecified atom stereocenters. The van der Waals surface area contributed by atoms with Gasteiger partial charge in [-0.1, -0.05) is 31.9 Å². The predicted octanol–water partition coefficient (Wildman–Crippen LogP) is 3.58. The lowest BCUT2D eigenvalue weighted by Gasteiger charge is -2.07. The molecule has 0 radical (unpaired) electrons. The Bertz CT molecular complexity index is 480. The normalized spacial score (nSPS) is 10.7. The summed E-state index contributed by atoms with van der Waals surface area (Å²) in [7, 11) is 0. The number of nitrogens with zero attached hydrogens (tertiary/aromatic N) is 1. The molecule has 0 saturated heterocycles. The zero-order chi connectivity index (χ0) is 14.8. The van der Waals surface area contributed by atoms with Crippen molar-refractivity contribution in [1.29, 1.82) is 0 Å². The molecule has 2 aromatic rings. The topological polar surface area (TPSA) is 47.3 Å².